The third-order valence-corrected chi connectivity index (χ3v) is 3.24. The number of rotatable bonds is 3. The van der Waals surface area contributed by atoms with Crippen LogP contribution in [0.4, 0.5) is 19.0 Å². The SMILES string of the molecule is CN1CCNC(=O)c2[nH]c(Oc3cccc(OC(F)(F)F)c3)nc21. The zero-order valence-electron chi connectivity index (χ0n) is 12.5. The molecule has 2 heterocycles. The topological polar surface area (TPSA) is 79.5 Å². The van der Waals surface area contributed by atoms with E-state index < -0.39 is 12.1 Å². The van der Waals surface area contributed by atoms with E-state index in [0.717, 1.165) is 12.1 Å². The number of likely N-dealkylation sites (N-methyl/N-ethyl adjacent to an activating group) is 1. The smallest absolute Gasteiger partial charge is 0.425 e. The lowest BCUT2D eigenvalue weighted by Gasteiger charge is -2.13. The van der Waals surface area contributed by atoms with E-state index in [2.05, 4.69) is 20.0 Å². The molecule has 1 aromatic carbocycles. The number of H-pyrrole nitrogens is 1. The van der Waals surface area contributed by atoms with E-state index in [-0.39, 0.29) is 23.4 Å². The maximum absolute atomic E-state index is 12.2. The Morgan fingerprint density at radius 3 is 2.79 bits per heavy atom. The second-order valence-electron chi connectivity index (χ2n) is 5.04. The molecular weight excluding hydrogens is 329 g/mol. The van der Waals surface area contributed by atoms with Crippen molar-refractivity contribution in [3.63, 3.8) is 0 Å². The number of ether oxygens (including phenoxy) is 2. The fraction of sp³-hybridized carbons (Fsp3) is 0.286. The van der Waals surface area contributed by atoms with Crippen LogP contribution in [0.2, 0.25) is 0 Å². The van der Waals surface area contributed by atoms with Gasteiger partial charge in [0, 0.05) is 26.2 Å². The fourth-order valence-corrected chi connectivity index (χ4v) is 2.20. The molecule has 10 heteroatoms. The molecule has 0 atom stereocenters. The second kappa shape index (κ2) is 5.95. The highest BCUT2D eigenvalue weighted by Gasteiger charge is 2.31. The Bertz CT molecular complexity index is 760. The van der Waals surface area contributed by atoms with E-state index >= 15 is 0 Å². The average molecular weight is 342 g/mol. The van der Waals surface area contributed by atoms with Gasteiger partial charge in [-0.1, -0.05) is 6.07 Å². The predicted octanol–water partition coefficient (Wildman–Crippen LogP) is 2.28. The highest BCUT2D eigenvalue weighted by molar-refractivity contribution is 5.98. The third kappa shape index (κ3) is 3.53. The van der Waals surface area contributed by atoms with Gasteiger partial charge in [-0.15, -0.1) is 13.2 Å². The first kappa shape index (κ1) is 16.0. The van der Waals surface area contributed by atoms with Crippen LogP contribution < -0.4 is 19.7 Å². The molecule has 0 bridgehead atoms. The second-order valence-corrected chi connectivity index (χ2v) is 5.04. The number of hydrogen-bond acceptors (Lipinski definition) is 5. The Morgan fingerprint density at radius 2 is 2.04 bits per heavy atom. The number of aromatic nitrogens is 2. The van der Waals surface area contributed by atoms with Crippen molar-refractivity contribution in [2.24, 2.45) is 0 Å². The molecule has 0 radical (unpaired) electrons. The molecule has 128 valence electrons. The van der Waals surface area contributed by atoms with Crippen LogP contribution in [0.25, 0.3) is 0 Å². The van der Waals surface area contributed by atoms with Crippen molar-refractivity contribution >= 4 is 11.7 Å². The Balaban J connectivity index is 1.82. The summed E-state index contributed by atoms with van der Waals surface area (Å²) in [5.41, 5.74) is 0.229. The lowest BCUT2D eigenvalue weighted by molar-refractivity contribution is -0.274. The summed E-state index contributed by atoms with van der Waals surface area (Å²) in [4.78, 5) is 20.6. The van der Waals surface area contributed by atoms with Crippen LogP contribution in [-0.4, -0.2) is 42.4 Å². The van der Waals surface area contributed by atoms with Crippen molar-refractivity contribution in [1.29, 1.82) is 0 Å². The summed E-state index contributed by atoms with van der Waals surface area (Å²) in [6.45, 7) is 1.05. The number of carbonyl (C=O) groups is 1. The molecule has 2 aromatic rings. The van der Waals surface area contributed by atoms with E-state index in [4.69, 9.17) is 4.74 Å². The lowest BCUT2D eigenvalue weighted by atomic mass is 10.3. The summed E-state index contributed by atoms with van der Waals surface area (Å²) in [5, 5.41) is 2.69. The van der Waals surface area contributed by atoms with Crippen molar-refractivity contribution in [2.45, 2.75) is 6.36 Å². The van der Waals surface area contributed by atoms with E-state index in [0.29, 0.717) is 18.9 Å². The molecule has 0 saturated carbocycles. The van der Waals surface area contributed by atoms with Gasteiger partial charge < -0.3 is 24.7 Å². The standard InChI is InChI=1S/C14H13F3N4O3/c1-21-6-5-18-12(22)10-11(21)20-13(19-10)23-8-3-2-4-9(7-8)24-14(15,16)17/h2-4,7H,5-6H2,1H3,(H,18,22)(H,19,20). The van der Waals surface area contributed by atoms with Gasteiger partial charge in [-0.2, -0.15) is 4.98 Å². The average Bonchev–Trinajstić information content (AvgIpc) is 2.84. The number of carbonyl (C=O) groups excluding carboxylic acids is 1. The first-order valence-corrected chi connectivity index (χ1v) is 6.95. The summed E-state index contributed by atoms with van der Waals surface area (Å²) in [6.07, 6.45) is -4.79. The maximum Gasteiger partial charge on any atom is 0.573 e. The minimum absolute atomic E-state index is 0.00643. The molecule has 0 aliphatic carbocycles. The quantitative estimate of drug-likeness (QED) is 0.895. The number of amides is 1. The molecule has 0 saturated heterocycles. The summed E-state index contributed by atoms with van der Waals surface area (Å²) < 4.78 is 46.0. The molecule has 1 amide bonds. The molecule has 3 rings (SSSR count). The molecule has 1 aromatic heterocycles. The molecule has 2 N–H and O–H groups in total. The molecular formula is C14H13F3N4O3. The summed E-state index contributed by atoms with van der Waals surface area (Å²) in [6, 6.07) is 5.02. The largest absolute Gasteiger partial charge is 0.573 e. The fourth-order valence-electron chi connectivity index (χ4n) is 2.20. The zero-order valence-corrected chi connectivity index (χ0v) is 12.5. The molecule has 24 heavy (non-hydrogen) atoms. The molecule has 0 fully saturated rings. The normalized spacial score (nSPS) is 14.7. The van der Waals surface area contributed by atoms with E-state index in [1.165, 1.54) is 12.1 Å². The van der Waals surface area contributed by atoms with Crippen LogP contribution in [0.3, 0.4) is 0 Å². The van der Waals surface area contributed by atoms with Crippen molar-refractivity contribution in [1.82, 2.24) is 15.3 Å². The maximum atomic E-state index is 12.2. The highest BCUT2D eigenvalue weighted by atomic mass is 19.4. The van der Waals surface area contributed by atoms with Gasteiger partial charge in [-0.05, 0) is 12.1 Å². The monoisotopic (exact) mass is 342 g/mol. The van der Waals surface area contributed by atoms with E-state index in [9.17, 15) is 18.0 Å². The van der Waals surface area contributed by atoms with Crippen LogP contribution >= 0.6 is 0 Å². The number of hydrogen-bond donors (Lipinski definition) is 2. The number of anilines is 1. The Kier molecular flexibility index (Phi) is 3.96. The number of fused-ring (bicyclic) bond motifs is 1. The van der Waals surface area contributed by atoms with E-state index in [1.807, 2.05) is 0 Å². The van der Waals surface area contributed by atoms with Crippen LogP contribution in [0, 0.1) is 0 Å². The zero-order chi connectivity index (χ0) is 17.3. The molecule has 1 aliphatic rings. The third-order valence-electron chi connectivity index (χ3n) is 3.24. The molecule has 7 nitrogen and oxygen atoms in total. The Morgan fingerprint density at radius 1 is 1.29 bits per heavy atom. The van der Waals surface area contributed by atoms with Gasteiger partial charge in [-0.25, -0.2) is 0 Å². The van der Waals surface area contributed by atoms with Crippen molar-refractivity contribution < 1.29 is 27.4 Å². The van der Waals surface area contributed by atoms with Gasteiger partial charge in [0.1, 0.15) is 11.5 Å². The van der Waals surface area contributed by atoms with Crippen LogP contribution in [0.1, 0.15) is 10.5 Å². The number of imidazole rings is 1. The van der Waals surface area contributed by atoms with Crippen LogP contribution in [0.15, 0.2) is 24.3 Å². The highest BCUT2D eigenvalue weighted by Crippen LogP contribution is 2.29. The van der Waals surface area contributed by atoms with Gasteiger partial charge in [0.25, 0.3) is 5.91 Å². The minimum Gasteiger partial charge on any atom is -0.425 e. The summed E-state index contributed by atoms with van der Waals surface area (Å²) in [5.74, 6) is -0.250. The minimum atomic E-state index is -4.79. The number of halogens is 3. The number of benzene rings is 1. The summed E-state index contributed by atoms with van der Waals surface area (Å²) >= 11 is 0. The molecule has 0 unspecified atom stereocenters. The Labute approximate surface area is 134 Å². The van der Waals surface area contributed by atoms with Gasteiger partial charge >= 0.3 is 12.4 Å². The molecule has 0 spiro atoms. The van der Waals surface area contributed by atoms with Gasteiger partial charge in [0.05, 0.1) is 0 Å². The lowest BCUT2D eigenvalue weighted by Crippen LogP contribution is -2.28. The van der Waals surface area contributed by atoms with E-state index in [1.54, 1.807) is 11.9 Å². The predicted molar refractivity (Wildman–Crippen MR) is 77.4 cm³/mol. The van der Waals surface area contributed by atoms with Crippen LogP contribution in [0.5, 0.6) is 17.5 Å². The number of aromatic amines is 1. The molecule has 1 aliphatic heterocycles. The van der Waals surface area contributed by atoms with Gasteiger partial charge in [0.15, 0.2) is 11.5 Å². The number of nitrogens with one attached hydrogen (secondary N) is 2. The van der Waals surface area contributed by atoms with Crippen molar-refractivity contribution in [3.05, 3.63) is 30.0 Å². The van der Waals surface area contributed by atoms with Crippen molar-refractivity contribution in [3.8, 4) is 17.5 Å². The number of nitrogens with zero attached hydrogens (tertiary/aromatic N) is 2. The van der Waals surface area contributed by atoms with Gasteiger partial charge in [-0.3, -0.25) is 4.79 Å². The van der Waals surface area contributed by atoms with Gasteiger partial charge in [0.2, 0.25) is 0 Å². The first-order chi connectivity index (χ1) is 11.3. The summed E-state index contributed by atoms with van der Waals surface area (Å²) in [7, 11) is 1.77. The van der Waals surface area contributed by atoms with Crippen molar-refractivity contribution in [2.75, 3.05) is 25.0 Å². The Hall–Kier alpha value is -2.91. The first-order valence-electron chi connectivity index (χ1n) is 6.95. The number of alkyl halides is 3. The van der Waals surface area contributed by atoms with Crippen LogP contribution in [-0.2, 0) is 0 Å².